The standard InChI is InChI=1S/C23H31NO3S.ClH/c1-5-27-23-14-18(8-11-22(23)26-4)20-15-28-13-12-21(20)24-16(2)17-6-9-19(25-3)10-7-17;/h6-11,14,16,20-21,24H,5,12-13,15H2,1-4H3;1H/t16-,20-,21-;/m1./s1. The van der Waals surface area contributed by atoms with Gasteiger partial charge >= 0.3 is 0 Å². The van der Waals surface area contributed by atoms with Crippen molar-refractivity contribution in [3.05, 3.63) is 53.6 Å². The van der Waals surface area contributed by atoms with Crippen molar-refractivity contribution in [2.45, 2.75) is 38.3 Å². The molecule has 6 heteroatoms. The molecule has 29 heavy (non-hydrogen) atoms. The number of benzene rings is 2. The van der Waals surface area contributed by atoms with E-state index >= 15 is 0 Å². The van der Waals surface area contributed by atoms with Gasteiger partial charge in [0.2, 0.25) is 0 Å². The fraction of sp³-hybridized carbons (Fsp3) is 0.478. The lowest BCUT2D eigenvalue weighted by atomic mass is 9.89. The van der Waals surface area contributed by atoms with Crippen molar-refractivity contribution in [3.8, 4) is 17.2 Å². The van der Waals surface area contributed by atoms with Crippen LogP contribution < -0.4 is 19.5 Å². The summed E-state index contributed by atoms with van der Waals surface area (Å²) < 4.78 is 16.5. The molecule has 0 radical (unpaired) electrons. The molecule has 0 amide bonds. The van der Waals surface area contributed by atoms with Crippen molar-refractivity contribution in [2.24, 2.45) is 0 Å². The molecule has 4 nitrogen and oxygen atoms in total. The van der Waals surface area contributed by atoms with Crippen molar-refractivity contribution in [3.63, 3.8) is 0 Å². The Labute approximate surface area is 185 Å². The molecule has 0 saturated carbocycles. The van der Waals surface area contributed by atoms with E-state index in [0.29, 0.717) is 18.6 Å². The number of thioether (sulfide) groups is 1. The van der Waals surface area contributed by atoms with Crippen LogP contribution >= 0.6 is 24.2 Å². The quantitative estimate of drug-likeness (QED) is 0.593. The first-order chi connectivity index (χ1) is 13.7. The first kappa shape index (κ1) is 23.7. The molecule has 0 spiro atoms. The number of hydrogen-bond acceptors (Lipinski definition) is 5. The lowest BCUT2D eigenvalue weighted by molar-refractivity contribution is 0.309. The molecule has 1 N–H and O–H groups in total. The molecule has 2 aromatic carbocycles. The Morgan fingerprint density at radius 1 is 1.07 bits per heavy atom. The third kappa shape index (κ3) is 5.97. The van der Waals surface area contributed by atoms with Gasteiger partial charge in [-0.15, -0.1) is 12.4 Å². The molecular weight excluding hydrogens is 406 g/mol. The summed E-state index contributed by atoms with van der Waals surface area (Å²) >= 11 is 2.03. The third-order valence-corrected chi connectivity index (χ3v) is 6.47. The highest BCUT2D eigenvalue weighted by atomic mass is 35.5. The molecule has 0 aliphatic carbocycles. The Bertz CT molecular complexity index is 756. The zero-order valence-corrected chi connectivity index (χ0v) is 19.3. The van der Waals surface area contributed by atoms with Gasteiger partial charge in [-0.3, -0.25) is 0 Å². The molecule has 1 aliphatic rings. The molecule has 3 rings (SSSR count). The van der Waals surface area contributed by atoms with Crippen molar-refractivity contribution in [1.82, 2.24) is 5.32 Å². The van der Waals surface area contributed by atoms with E-state index in [0.717, 1.165) is 29.4 Å². The van der Waals surface area contributed by atoms with Crippen molar-refractivity contribution < 1.29 is 14.2 Å². The van der Waals surface area contributed by atoms with Gasteiger partial charge in [0.05, 0.1) is 20.8 Å². The van der Waals surface area contributed by atoms with Crippen molar-refractivity contribution >= 4 is 24.2 Å². The van der Waals surface area contributed by atoms with Crippen LogP contribution in [-0.2, 0) is 0 Å². The third-order valence-electron chi connectivity index (χ3n) is 5.35. The van der Waals surface area contributed by atoms with Gasteiger partial charge in [-0.05, 0) is 61.4 Å². The van der Waals surface area contributed by atoms with Crippen LogP contribution in [0, 0.1) is 0 Å². The summed E-state index contributed by atoms with van der Waals surface area (Å²) in [7, 11) is 3.39. The van der Waals surface area contributed by atoms with Crippen LogP contribution in [0.2, 0.25) is 0 Å². The van der Waals surface area contributed by atoms with Crippen LogP contribution in [0.5, 0.6) is 17.2 Å². The fourth-order valence-corrected chi connectivity index (χ4v) is 5.03. The molecule has 0 bridgehead atoms. The Morgan fingerprint density at radius 2 is 1.83 bits per heavy atom. The average molecular weight is 438 g/mol. The molecule has 1 saturated heterocycles. The van der Waals surface area contributed by atoms with E-state index in [1.165, 1.54) is 16.9 Å². The summed E-state index contributed by atoms with van der Waals surface area (Å²) in [5.74, 6) is 5.28. The minimum Gasteiger partial charge on any atom is -0.497 e. The summed E-state index contributed by atoms with van der Waals surface area (Å²) in [5, 5.41) is 3.88. The largest absolute Gasteiger partial charge is 0.497 e. The second-order valence-corrected chi connectivity index (χ2v) is 8.23. The van der Waals surface area contributed by atoms with E-state index < -0.39 is 0 Å². The normalized spacial score (nSPS) is 19.7. The molecule has 2 aromatic rings. The number of nitrogens with one attached hydrogen (secondary N) is 1. The fourth-order valence-electron chi connectivity index (χ4n) is 3.77. The van der Waals surface area contributed by atoms with Gasteiger partial charge < -0.3 is 19.5 Å². The summed E-state index contributed by atoms with van der Waals surface area (Å²) in [6, 6.07) is 15.4. The van der Waals surface area contributed by atoms with Crippen LogP contribution in [0.15, 0.2) is 42.5 Å². The van der Waals surface area contributed by atoms with Gasteiger partial charge in [0.15, 0.2) is 11.5 Å². The van der Waals surface area contributed by atoms with Gasteiger partial charge in [0.25, 0.3) is 0 Å². The van der Waals surface area contributed by atoms with Crippen LogP contribution in [0.3, 0.4) is 0 Å². The van der Waals surface area contributed by atoms with E-state index in [2.05, 4.69) is 36.5 Å². The predicted molar refractivity (Wildman–Crippen MR) is 124 cm³/mol. The molecule has 1 heterocycles. The predicted octanol–water partition coefficient (Wildman–Crippen LogP) is 5.46. The number of methoxy groups -OCH3 is 2. The number of ether oxygens (including phenoxy) is 3. The molecule has 0 unspecified atom stereocenters. The second-order valence-electron chi connectivity index (χ2n) is 7.08. The smallest absolute Gasteiger partial charge is 0.161 e. The highest BCUT2D eigenvalue weighted by Gasteiger charge is 2.29. The van der Waals surface area contributed by atoms with Crippen molar-refractivity contribution in [1.29, 1.82) is 0 Å². The maximum Gasteiger partial charge on any atom is 0.161 e. The molecule has 1 aliphatic heterocycles. The molecular formula is C23H32ClNO3S. The SMILES string of the molecule is CCOc1cc([C@H]2CSCC[C@H]2N[C@H](C)c2ccc(OC)cc2)ccc1OC.Cl. The lowest BCUT2D eigenvalue weighted by Crippen LogP contribution is -2.40. The van der Waals surface area contributed by atoms with E-state index in [4.69, 9.17) is 14.2 Å². The van der Waals surface area contributed by atoms with Gasteiger partial charge in [-0.2, -0.15) is 11.8 Å². The van der Waals surface area contributed by atoms with E-state index in [9.17, 15) is 0 Å². The minimum absolute atomic E-state index is 0. The van der Waals surface area contributed by atoms with Crippen LogP contribution in [0.4, 0.5) is 0 Å². The zero-order valence-electron chi connectivity index (χ0n) is 17.6. The average Bonchev–Trinajstić information content (AvgIpc) is 2.74. The van der Waals surface area contributed by atoms with Gasteiger partial charge in [-0.1, -0.05) is 18.2 Å². The highest BCUT2D eigenvalue weighted by Crippen LogP contribution is 2.37. The van der Waals surface area contributed by atoms with Gasteiger partial charge in [0, 0.05) is 23.8 Å². The number of halogens is 1. The maximum atomic E-state index is 5.80. The lowest BCUT2D eigenvalue weighted by Gasteiger charge is -2.35. The Morgan fingerprint density at radius 3 is 2.48 bits per heavy atom. The Balaban J connectivity index is 0.00000300. The minimum atomic E-state index is 0. The monoisotopic (exact) mass is 437 g/mol. The summed E-state index contributed by atoms with van der Waals surface area (Å²) in [6.07, 6.45) is 1.16. The summed E-state index contributed by atoms with van der Waals surface area (Å²) in [6.45, 7) is 4.87. The van der Waals surface area contributed by atoms with Gasteiger partial charge in [0.1, 0.15) is 5.75 Å². The molecule has 3 atom stereocenters. The molecule has 1 fully saturated rings. The van der Waals surface area contributed by atoms with Crippen LogP contribution in [0.1, 0.15) is 43.4 Å². The van der Waals surface area contributed by atoms with Gasteiger partial charge in [-0.25, -0.2) is 0 Å². The first-order valence-electron chi connectivity index (χ1n) is 9.94. The summed E-state index contributed by atoms with van der Waals surface area (Å²) in [4.78, 5) is 0. The second kappa shape index (κ2) is 11.6. The highest BCUT2D eigenvalue weighted by molar-refractivity contribution is 7.99. The van der Waals surface area contributed by atoms with E-state index in [-0.39, 0.29) is 18.4 Å². The Kier molecular flexibility index (Phi) is 9.47. The van der Waals surface area contributed by atoms with Crippen LogP contribution in [0.25, 0.3) is 0 Å². The van der Waals surface area contributed by atoms with Crippen LogP contribution in [-0.4, -0.2) is 38.4 Å². The maximum absolute atomic E-state index is 5.80. The zero-order chi connectivity index (χ0) is 19.9. The first-order valence-corrected chi connectivity index (χ1v) is 11.1. The molecule has 0 aromatic heterocycles. The molecule has 160 valence electrons. The Hall–Kier alpha value is -1.56. The number of hydrogen-bond donors (Lipinski definition) is 1. The number of rotatable bonds is 8. The van der Waals surface area contributed by atoms with Crippen molar-refractivity contribution in [2.75, 3.05) is 32.3 Å². The van der Waals surface area contributed by atoms with E-state index in [1.807, 2.05) is 36.9 Å². The van der Waals surface area contributed by atoms with E-state index in [1.54, 1.807) is 14.2 Å². The topological polar surface area (TPSA) is 39.7 Å². The summed E-state index contributed by atoms with van der Waals surface area (Å²) in [5.41, 5.74) is 2.60.